The van der Waals surface area contributed by atoms with Gasteiger partial charge in [0.25, 0.3) is 0 Å². The van der Waals surface area contributed by atoms with Crippen LogP contribution in [0.15, 0.2) is 30.3 Å². The number of benzene rings is 1. The first-order chi connectivity index (χ1) is 8.16. The molecule has 1 N–H and O–H groups in total. The average Bonchev–Trinajstić information content (AvgIpc) is 2.29. The molecule has 1 aromatic carbocycles. The second-order valence-corrected chi connectivity index (χ2v) is 4.24. The van der Waals surface area contributed by atoms with Gasteiger partial charge in [-0.05, 0) is 30.5 Å². The van der Waals surface area contributed by atoms with E-state index in [1.54, 1.807) is 0 Å². The number of fused-ring (bicyclic) bond motifs is 1. The zero-order valence-electron chi connectivity index (χ0n) is 9.19. The van der Waals surface area contributed by atoms with Crippen molar-refractivity contribution in [1.82, 2.24) is 4.98 Å². The highest BCUT2D eigenvalue weighted by Crippen LogP contribution is 2.21. The van der Waals surface area contributed by atoms with Crippen molar-refractivity contribution in [2.75, 3.05) is 0 Å². The molecule has 0 unspecified atom stereocenters. The maximum absolute atomic E-state index is 10.4. The van der Waals surface area contributed by atoms with Crippen LogP contribution in [0.5, 0.6) is 0 Å². The Morgan fingerprint density at radius 1 is 1.35 bits per heavy atom. The lowest BCUT2D eigenvalue weighted by Gasteiger charge is -2.05. The third-order valence-electron chi connectivity index (χ3n) is 2.59. The van der Waals surface area contributed by atoms with E-state index in [0.717, 1.165) is 16.5 Å². The Kier molecular flexibility index (Phi) is 3.59. The molecule has 4 heteroatoms. The van der Waals surface area contributed by atoms with Crippen molar-refractivity contribution in [3.63, 3.8) is 0 Å². The summed E-state index contributed by atoms with van der Waals surface area (Å²) in [5.74, 6) is -0.783. The van der Waals surface area contributed by atoms with Gasteiger partial charge in [0.2, 0.25) is 0 Å². The summed E-state index contributed by atoms with van der Waals surface area (Å²) in [7, 11) is 0. The van der Waals surface area contributed by atoms with Gasteiger partial charge >= 0.3 is 5.97 Å². The Hall–Kier alpha value is -1.61. The summed E-state index contributed by atoms with van der Waals surface area (Å²) >= 11 is 6.06. The van der Waals surface area contributed by atoms with Gasteiger partial charge in [-0.15, -0.1) is 0 Å². The van der Waals surface area contributed by atoms with E-state index in [2.05, 4.69) is 4.98 Å². The third kappa shape index (κ3) is 2.94. The lowest BCUT2D eigenvalue weighted by molar-refractivity contribution is -0.137. The van der Waals surface area contributed by atoms with Crippen molar-refractivity contribution in [1.29, 1.82) is 0 Å². The number of pyridine rings is 1. The van der Waals surface area contributed by atoms with E-state index in [0.29, 0.717) is 18.0 Å². The number of aliphatic carboxylic acids is 1. The smallest absolute Gasteiger partial charge is 0.303 e. The Morgan fingerprint density at radius 2 is 2.12 bits per heavy atom. The van der Waals surface area contributed by atoms with E-state index in [4.69, 9.17) is 16.7 Å². The van der Waals surface area contributed by atoms with Crippen LogP contribution in [0.3, 0.4) is 0 Å². The molecule has 17 heavy (non-hydrogen) atoms. The minimum absolute atomic E-state index is 0.156. The van der Waals surface area contributed by atoms with Gasteiger partial charge in [-0.25, -0.2) is 4.98 Å². The molecule has 0 saturated heterocycles. The maximum Gasteiger partial charge on any atom is 0.303 e. The number of nitrogens with zero attached hydrogens (tertiary/aromatic N) is 1. The topological polar surface area (TPSA) is 50.2 Å². The number of hydrogen-bond acceptors (Lipinski definition) is 2. The van der Waals surface area contributed by atoms with Gasteiger partial charge in [0.1, 0.15) is 5.15 Å². The molecule has 0 amide bonds. The summed E-state index contributed by atoms with van der Waals surface area (Å²) in [5, 5.41) is 10.1. The van der Waals surface area contributed by atoms with E-state index in [-0.39, 0.29) is 6.42 Å². The fourth-order valence-corrected chi connectivity index (χ4v) is 1.98. The van der Waals surface area contributed by atoms with Gasteiger partial charge in [-0.1, -0.05) is 29.8 Å². The molecule has 0 saturated carbocycles. The van der Waals surface area contributed by atoms with Crippen LogP contribution in [0.1, 0.15) is 18.4 Å². The molecular formula is C13H12ClNO2. The van der Waals surface area contributed by atoms with Crippen molar-refractivity contribution in [3.8, 4) is 0 Å². The van der Waals surface area contributed by atoms with Gasteiger partial charge in [-0.2, -0.15) is 0 Å². The summed E-state index contributed by atoms with van der Waals surface area (Å²) in [6.45, 7) is 0. The van der Waals surface area contributed by atoms with Crippen LogP contribution in [0, 0.1) is 0 Å². The lowest BCUT2D eigenvalue weighted by atomic mass is 10.1. The number of halogens is 1. The standard InChI is InChI=1S/C13H12ClNO2/c14-13-10(5-3-7-12(16)17)8-9-4-1-2-6-11(9)15-13/h1-2,4,6,8H,3,5,7H2,(H,16,17). The van der Waals surface area contributed by atoms with Crippen LogP contribution in [0.2, 0.25) is 5.15 Å². The van der Waals surface area contributed by atoms with Crippen LogP contribution in [-0.2, 0) is 11.2 Å². The fraction of sp³-hybridized carbons (Fsp3) is 0.231. The van der Waals surface area contributed by atoms with Crippen LogP contribution < -0.4 is 0 Å². The number of aromatic nitrogens is 1. The van der Waals surface area contributed by atoms with E-state index in [1.165, 1.54) is 0 Å². The SMILES string of the molecule is O=C(O)CCCc1cc2ccccc2nc1Cl. The normalized spacial score (nSPS) is 10.6. The first-order valence-electron chi connectivity index (χ1n) is 5.43. The van der Waals surface area contributed by atoms with E-state index < -0.39 is 5.97 Å². The van der Waals surface area contributed by atoms with Gasteiger partial charge < -0.3 is 5.11 Å². The van der Waals surface area contributed by atoms with Crippen molar-refractivity contribution < 1.29 is 9.90 Å². The predicted octanol–water partition coefficient (Wildman–Crippen LogP) is 3.30. The van der Waals surface area contributed by atoms with Crippen molar-refractivity contribution in [3.05, 3.63) is 41.0 Å². The molecule has 2 aromatic rings. The summed E-state index contributed by atoms with van der Waals surface area (Å²) < 4.78 is 0. The minimum atomic E-state index is -0.783. The Bertz CT molecular complexity index is 554. The largest absolute Gasteiger partial charge is 0.481 e. The molecule has 3 nitrogen and oxygen atoms in total. The van der Waals surface area contributed by atoms with Crippen molar-refractivity contribution >= 4 is 28.5 Å². The molecule has 0 aliphatic carbocycles. The minimum Gasteiger partial charge on any atom is -0.481 e. The molecule has 2 rings (SSSR count). The molecule has 88 valence electrons. The van der Waals surface area contributed by atoms with Gasteiger partial charge in [0.05, 0.1) is 5.52 Å². The number of carbonyl (C=O) groups is 1. The van der Waals surface area contributed by atoms with Crippen LogP contribution >= 0.6 is 11.6 Å². The third-order valence-corrected chi connectivity index (χ3v) is 2.91. The quantitative estimate of drug-likeness (QED) is 0.846. The molecule has 1 aromatic heterocycles. The summed E-state index contributed by atoms with van der Waals surface area (Å²) in [6, 6.07) is 9.71. The fourth-order valence-electron chi connectivity index (χ4n) is 1.74. The molecule has 0 fully saturated rings. The molecule has 0 aliphatic rings. The lowest BCUT2D eigenvalue weighted by Crippen LogP contribution is -1.97. The monoisotopic (exact) mass is 249 g/mol. The average molecular weight is 250 g/mol. The van der Waals surface area contributed by atoms with Gasteiger partial charge in [0, 0.05) is 11.8 Å². The summed E-state index contributed by atoms with van der Waals surface area (Å²) in [5.41, 5.74) is 1.77. The number of carboxylic acids is 1. The second kappa shape index (κ2) is 5.15. The van der Waals surface area contributed by atoms with Crippen molar-refractivity contribution in [2.24, 2.45) is 0 Å². The van der Waals surface area contributed by atoms with E-state index >= 15 is 0 Å². The zero-order valence-corrected chi connectivity index (χ0v) is 9.94. The Morgan fingerprint density at radius 3 is 2.88 bits per heavy atom. The van der Waals surface area contributed by atoms with Crippen LogP contribution in [-0.4, -0.2) is 16.1 Å². The number of hydrogen-bond donors (Lipinski definition) is 1. The van der Waals surface area contributed by atoms with E-state index in [9.17, 15) is 4.79 Å². The number of aryl methyl sites for hydroxylation is 1. The van der Waals surface area contributed by atoms with Crippen molar-refractivity contribution in [2.45, 2.75) is 19.3 Å². The predicted molar refractivity (Wildman–Crippen MR) is 67.3 cm³/mol. The Balaban J connectivity index is 2.22. The highest BCUT2D eigenvalue weighted by molar-refractivity contribution is 6.30. The van der Waals surface area contributed by atoms with E-state index in [1.807, 2.05) is 30.3 Å². The molecule has 0 spiro atoms. The van der Waals surface area contributed by atoms with Crippen LogP contribution in [0.4, 0.5) is 0 Å². The number of carboxylic acid groups (broad SMARTS) is 1. The Labute approximate surface area is 104 Å². The molecule has 0 radical (unpaired) electrons. The molecule has 0 bridgehead atoms. The number of para-hydroxylation sites is 1. The summed E-state index contributed by atoms with van der Waals surface area (Å²) in [6.07, 6.45) is 1.38. The van der Waals surface area contributed by atoms with Gasteiger partial charge in [0.15, 0.2) is 0 Å². The molecule has 1 heterocycles. The maximum atomic E-state index is 10.4. The molecule has 0 atom stereocenters. The highest BCUT2D eigenvalue weighted by Gasteiger charge is 2.05. The summed E-state index contributed by atoms with van der Waals surface area (Å²) in [4.78, 5) is 14.7. The zero-order chi connectivity index (χ0) is 12.3. The second-order valence-electron chi connectivity index (χ2n) is 3.88. The van der Waals surface area contributed by atoms with Crippen LogP contribution in [0.25, 0.3) is 10.9 Å². The molecular weight excluding hydrogens is 238 g/mol. The number of rotatable bonds is 4. The molecule has 0 aliphatic heterocycles. The highest BCUT2D eigenvalue weighted by atomic mass is 35.5. The first-order valence-corrected chi connectivity index (χ1v) is 5.80. The van der Waals surface area contributed by atoms with Gasteiger partial charge in [-0.3, -0.25) is 4.79 Å². The first kappa shape index (κ1) is 11.9.